The maximum absolute atomic E-state index is 13.3. The van der Waals surface area contributed by atoms with Gasteiger partial charge in [0.25, 0.3) is 5.91 Å². The van der Waals surface area contributed by atoms with E-state index in [-0.39, 0.29) is 33.0 Å². The van der Waals surface area contributed by atoms with Crippen LogP contribution in [0.2, 0.25) is 10.0 Å². The number of hydrogen-bond donors (Lipinski definition) is 1. The normalized spacial score (nSPS) is 17.3. The molecule has 12 nitrogen and oxygen atoms in total. The van der Waals surface area contributed by atoms with Crippen LogP contribution in [-0.2, 0) is 19.6 Å². The number of aromatic nitrogens is 2. The van der Waals surface area contributed by atoms with Crippen molar-refractivity contribution in [2.75, 3.05) is 51.2 Å². The number of sulfonamides is 1. The van der Waals surface area contributed by atoms with Crippen molar-refractivity contribution in [3.63, 3.8) is 0 Å². The lowest BCUT2D eigenvalue weighted by Gasteiger charge is -2.35. The highest BCUT2D eigenvalue weighted by atomic mass is 35.5. The Kier molecular flexibility index (Phi) is 9.83. The van der Waals surface area contributed by atoms with Gasteiger partial charge < -0.3 is 19.9 Å². The third kappa shape index (κ3) is 6.79. The van der Waals surface area contributed by atoms with Gasteiger partial charge in [0.05, 0.1) is 33.6 Å². The zero-order chi connectivity index (χ0) is 29.9. The van der Waals surface area contributed by atoms with Gasteiger partial charge in [-0.3, -0.25) is 14.3 Å². The standard InChI is InChI=1S/C26H34Cl2N6O6S/c1-4-40-26(37)32-12-10-31(11-13-32)25(36)18(3)34-16-22(17(2)30-34)29-24(35)19-14-23(21(28)15-20(19)27)41(38,39)33-8-6-5-7-9-33/h14-16,18H,4-13H2,1-3H3,(H,29,35). The average Bonchev–Trinajstić information content (AvgIpc) is 3.32. The van der Waals surface area contributed by atoms with Gasteiger partial charge in [-0.05, 0) is 45.7 Å². The first-order valence-corrected chi connectivity index (χ1v) is 15.7. The number of piperazine rings is 1. The van der Waals surface area contributed by atoms with Gasteiger partial charge in [-0.25, -0.2) is 13.2 Å². The molecule has 0 spiro atoms. The maximum atomic E-state index is 13.3. The topological polar surface area (TPSA) is 134 Å². The van der Waals surface area contributed by atoms with E-state index in [0.717, 1.165) is 19.3 Å². The predicted octanol–water partition coefficient (Wildman–Crippen LogP) is 3.79. The number of aryl methyl sites for hydroxylation is 1. The van der Waals surface area contributed by atoms with Crippen molar-refractivity contribution >= 4 is 56.8 Å². The number of hydrogen-bond acceptors (Lipinski definition) is 7. The molecule has 15 heteroatoms. The molecule has 2 aromatic rings. The Morgan fingerprint density at radius 3 is 2.27 bits per heavy atom. The van der Waals surface area contributed by atoms with Gasteiger partial charge in [0, 0.05) is 45.5 Å². The monoisotopic (exact) mass is 628 g/mol. The molecule has 1 N–H and O–H groups in total. The van der Waals surface area contributed by atoms with Gasteiger partial charge in [-0.2, -0.15) is 9.40 Å². The molecule has 3 heterocycles. The number of carbonyl (C=O) groups excluding carboxylic acids is 3. The van der Waals surface area contributed by atoms with E-state index in [2.05, 4.69) is 10.4 Å². The van der Waals surface area contributed by atoms with Gasteiger partial charge in [0.2, 0.25) is 15.9 Å². The molecular formula is C26H34Cl2N6O6S. The van der Waals surface area contributed by atoms with Crippen LogP contribution < -0.4 is 5.32 Å². The quantitative estimate of drug-likeness (QED) is 0.493. The lowest BCUT2D eigenvalue weighted by molar-refractivity contribution is -0.136. The number of nitrogens with zero attached hydrogens (tertiary/aromatic N) is 5. The highest BCUT2D eigenvalue weighted by molar-refractivity contribution is 7.89. The van der Waals surface area contributed by atoms with Gasteiger partial charge in [0.1, 0.15) is 10.9 Å². The molecule has 2 fully saturated rings. The van der Waals surface area contributed by atoms with Gasteiger partial charge in [-0.1, -0.05) is 29.6 Å². The van der Waals surface area contributed by atoms with Gasteiger partial charge in [0.15, 0.2) is 0 Å². The molecule has 0 aliphatic carbocycles. The first-order valence-electron chi connectivity index (χ1n) is 13.5. The summed E-state index contributed by atoms with van der Waals surface area (Å²) in [5.74, 6) is -0.819. The molecule has 41 heavy (non-hydrogen) atoms. The Hall–Kier alpha value is -2.87. The van der Waals surface area contributed by atoms with Crippen LogP contribution in [0.3, 0.4) is 0 Å². The van der Waals surface area contributed by atoms with E-state index < -0.39 is 28.1 Å². The summed E-state index contributed by atoms with van der Waals surface area (Å²) in [6.07, 6.45) is 3.61. The molecule has 0 bridgehead atoms. The maximum Gasteiger partial charge on any atom is 0.409 e. The fourth-order valence-electron chi connectivity index (χ4n) is 4.84. The van der Waals surface area contributed by atoms with E-state index in [1.54, 1.807) is 36.8 Å². The van der Waals surface area contributed by atoms with E-state index in [1.807, 2.05) is 0 Å². The molecule has 2 saturated heterocycles. The van der Waals surface area contributed by atoms with Crippen LogP contribution in [0.4, 0.5) is 10.5 Å². The number of rotatable bonds is 7. The molecular weight excluding hydrogens is 595 g/mol. The average molecular weight is 630 g/mol. The zero-order valence-electron chi connectivity index (χ0n) is 23.2. The number of ether oxygens (including phenoxy) is 1. The molecule has 1 atom stereocenters. The second-order valence-electron chi connectivity index (χ2n) is 9.98. The number of carbonyl (C=O) groups is 3. The molecule has 3 amide bonds. The fourth-order valence-corrected chi connectivity index (χ4v) is 7.19. The molecule has 0 radical (unpaired) electrons. The SMILES string of the molecule is CCOC(=O)N1CCN(C(=O)C(C)n2cc(NC(=O)c3cc(S(=O)(=O)N4CCCCC4)c(Cl)cc3Cl)c(C)n2)CC1. The second-order valence-corrected chi connectivity index (χ2v) is 12.7. The molecule has 2 aliphatic heterocycles. The number of amides is 3. The molecule has 1 aromatic carbocycles. The summed E-state index contributed by atoms with van der Waals surface area (Å²) in [7, 11) is -3.91. The predicted molar refractivity (Wildman–Crippen MR) is 154 cm³/mol. The Bertz CT molecular complexity index is 1420. The van der Waals surface area contributed by atoms with E-state index in [9.17, 15) is 22.8 Å². The number of anilines is 1. The van der Waals surface area contributed by atoms with Crippen LogP contribution in [0.15, 0.2) is 23.2 Å². The van der Waals surface area contributed by atoms with Crippen LogP contribution in [0.5, 0.6) is 0 Å². The minimum atomic E-state index is -3.91. The summed E-state index contributed by atoms with van der Waals surface area (Å²) in [5, 5.41) is 7.08. The number of piperidine rings is 1. The lowest BCUT2D eigenvalue weighted by Crippen LogP contribution is -2.52. The molecule has 4 rings (SSSR count). The van der Waals surface area contributed by atoms with Crippen molar-refractivity contribution in [3.05, 3.63) is 39.6 Å². The van der Waals surface area contributed by atoms with Crippen molar-refractivity contribution in [3.8, 4) is 0 Å². The fraction of sp³-hybridized carbons (Fsp3) is 0.538. The lowest BCUT2D eigenvalue weighted by atomic mass is 10.2. The van der Waals surface area contributed by atoms with Crippen LogP contribution >= 0.6 is 23.2 Å². The Morgan fingerprint density at radius 1 is 1.00 bits per heavy atom. The van der Waals surface area contributed by atoms with Crippen LogP contribution in [0, 0.1) is 6.92 Å². The first kappa shape index (κ1) is 31.1. The summed E-state index contributed by atoms with van der Waals surface area (Å²) in [6, 6.07) is 1.79. The Balaban J connectivity index is 1.46. The van der Waals surface area contributed by atoms with Crippen LogP contribution in [0.1, 0.15) is 55.2 Å². The summed E-state index contributed by atoms with van der Waals surface area (Å²) in [5.41, 5.74) is 0.743. The van der Waals surface area contributed by atoms with E-state index in [1.165, 1.54) is 21.1 Å². The molecule has 224 valence electrons. The van der Waals surface area contributed by atoms with E-state index in [0.29, 0.717) is 50.6 Å². The third-order valence-corrected chi connectivity index (χ3v) is 9.91. The molecule has 1 unspecified atom stereocenters. The molecule has 2 aliphatic rings. The zero-order valence-corrected chi connectivity index (χ0v) is 25.6. The third-order valence-electron chi connectivity index (χ3n) is 7.24. The minimum absolute atomic E-state index is 0.000598. The Labute approximate surface area is 249 Å². The summed E-state index contributed by atoms with van der Waals surface area (Å²) in [6.45, 7) is 7.65. The van der Waals surface area contributed by atoms with Gasteiger partial charge >= 0.3 is 6.09 Å². The smallest absolute Gasteiger partial charge is 0.409 e. The van der Waals surface area contributed by atoms with E-state index >= 15 is 0 Å². The van der Waals surface area contributed by atoms with E-state index in [4.69, 9.17) is 27.9 Å². The van der Waals surface area contributed by atoms with Crippen molar-refractivity contribution in [1.82, 2.24) is 23.9 Å². The number of halogens is 2. The van der Waals surface area contributed by atoms with Crippen molar-refractivity contribution in [1.29, 1.82) is 0 Å². The second kappa shape index (κ2) is 13.0. The van der Waals surface area contributed by atoms with Crippen LogP contribution in [-0.4, -0.2) is 96.1 Å². The molecule has 1 aromatic heterocycles. The minimum Gasteiger partial charge on any atom is -0.450 e. The summed E-state index contributed by atoms with van der Waals surface area (Å²) < 4.78 is 34.4. The highest BCUT2D eigenvalue weighted by Gasteiger charge is 2.31. The summed E-state index contributed by atoms with van der Waals surface area (Å²) >= 11 is 12.6. The summed E-state index contributed by atoms with van der Waals surface area (Å²) in [4.78, 5) is 41.4. The number of benzene rings is 1. The van der Waals surface area contributed by atoms with Crippen molar-refractivity contribution < 1.29 is 27.5 Å². The largest absolute Gasteiger partial charge is 0.450 e. The van der Waals surface area contributed by atoms with Crippen molar-refractivity contribution in [2.24, 2.45) is 0 Å². The van der Waals surface area contributed by atoms with Gasteiger partial charge in [-0.15, -0.1) is 0 Å². The molecule has 0 saturated carbocycles. The Morgan fingerprint density at radius 2 is 1.63 bits per heavy atom. The van der Waals surface area contributed by atoms with Crippen LogP contribution in [0.25, 0.3) is 0 Å². The van der Waals surface area contributed by atoms with Crippen molar-refractivity contribution in [2.45, 2.75) is 51.0 Å². The number of nitrogens with one attached hydrogen (secondary N) is 1. The first-order chi connectivity index (χ1) is 19.4. The highest BCUT2D eigenvalue weighted by Crippen LogP contribution is 2.32.